The molecular formula is C20H20F2N4. The van der Waals surface area contributed by atoms with Gasteiger partial charge in [0.25, 0.3) is 0 Å². The van der Waals surface area contributed by atoms with Crippen LogP contribution in [0.5, 0.6) is 0 Å². The van der Waals surface area contributed by atoms with Crippen LogP contribution in [0.25, 0.3) is 11.0 Å². The summed E-state index contributed by atoms with van der Waals surface area (Å²) in [4.78, 5) is 11.3. The van der Waals surface area contributed by atoms with Gasteiger partial charge in [-0.05, 0) is 43.5 Å². The van der Waals surface area contributed by atoms with Gasteiger partial charge in [-0.2, -0.15) is 0 Å². The zero-order valence-electron chi connectivity index (χ0n) is 14.5. The Hall–Kier alpha value is -2.76. The molecule has 0 saturated carbocycles. The van der Waals surface area contributed by atoms with Gasteiger partial charge in [0.1, 0.15) is 5.82 Å². The molecule has 1 saturated heterocycles. The van der Waals surface area contributed by atoms with Crippen molar-refractivity contribution in [3.8, 4) is 0 Å². The number of anilines is 2. The smallest absolute Gasteiger partial charge is 0.160 e. The van der Waals surface area contributed by atoms with E-state index in [9.17, 15) is 8.78 Å². The molecule has 1 aliphatic rings. The van der Waals surface area contributed by atoms with Crippen LogP contribution in [-0.2, 0) is 0 Å². The van der Waals surface area contributed by atoms with E-state index in [0.717, 1.165) is 54.3 Å². The van der Waals surface area contributed by atoms with Crippen molar-refractivity contribution in [2.24, 2.45) is 5.92 Å². The van der Waals surface area contributed by atoms with Crippen LogP contribution >= 0.6 is 0 Å². The van der Waals surface area contributed by atoms with Gasteiger partial charge in [-0.15, -0.1) is 0 Å². The van der Waals surface area contributed by atoms with Crippen LogP contribution in [0.1, 0.15) is 12.1 Å². The van der Waals surface area contributed by atoms with E-state index in [1.54, 1.807) is 6.07 Å². The molecule has 6 heteroatoms. The Bertz CT molecular complexity index is 944. The van der Waals surface area contributed by atoms with E-state index >= 15 is 0 Å². The average molecular weight is 354 g/mol. The highest BCUT2D eigenvalue weighted by Crippen LogP contribution is 2.26. The van der Waals surface area contributed by atoms with Crippen molar-refractivity contribution in [3.05, 3.63) is 59.8 Å². The molecule has 1 fully saturated rings. The summed E-state index contributed by atoms with van der Waals surface area (Å²) in [6.45, 7) is 4.36. The first-order valence-electron chi connectivity index (χ1n) is 8.77. The van der Waals surface area contributed by atoms with Crippen molar-refractivity contribution >= 4 is 22.5 Å². The second-order valence-electron chi connectivity index (χ2n) is 6.73. The number of hydrogen-bond donors (Lipinski definition) is 1. The molecule has 134 valence electrons. The third-order valence-electron chi connectivity index (χ3n) is 4.86. The minimum atomic E-state index is -0.809. The fourth-order valence-corrected chi connectivity index (χ4v) is 3.41. The summed E-state index contributed by atoms with van der Waals surface area (Å²) in [7, 11) is 0. The van der Waals surface area contributed by atoms with Crippen LogP contribution in [0.3, 0.4) is 0 Å². The Labute approximate surface area is 150 Å². The lowest BCUT2D eigenvalue weighted by Crippen LogP contribution is -2.23. The second-order valence-corrected chi connectivity index (χ2v) is 6.73. The molecule has 0 amide bonds. The zero-order valence-corrected chi connectivity index (χ0v) is 14.5. The van der Waals surface area contributed by atoms with E-state index in [0.29, 0.717) is 5.92 Å². The number of aryl methyl sites for hydroxylation is 1. The standard InChI is InChI=1S/C20H20F2N4/c1-13-20(25-19-5-3-2-4-18(19)24-13)23-11-14-8-9-26(12-14)15-6-7-16(21)17(22)10-15/h2-7,10,14H,8-9,11-12H2,1H3,(H,23,25)/t14-/m0/s1. The minimum Gasteiger partial charge on any atom is -0.371 e. The van der Waals surface area contributed by atoms with Gasteiger partial charge in [0.2, 0.25) is 0 Å². The molecule has 4 rings (SSSR count). The molecule has 0 aliphatic carbocycles. The topological polar surface area (TPSA) is 41.1 Å². The normalized spacial score (nSPS) is 17.0. The highest BCUT2D eigenvalue weighted by Gasteiger charge is 2.23. The average Bonchev–Trinajstić information content (AvgIpc) is 3.11. The Kier molecular flexibility index (Phi) is 4.41. The SMILES string of the molecule is Cc1nc2ccccc2nc1NC[C@@H]1CCN(c2ccc(F)c(F)c2)C1. The van der Waals surface area contributed by atoms with Gasteiger partial charge in [-0.25, -0.2) is 18.7 Å². The van der Waals surface area contributed by atoms with Gasteiger partial charge < -0.3 is 10.2 Å². The van der Waals surface area contributed by atoms with Gasteiger partial charge in [0, 0.05) is 31.4 Å². The minimum absolute atomic E-state index is 0.413. The lowest BCUT2D eigenvalue weighted by atomic mass is 10.1. The maximum Gasteiger partial charge on any atom is 0.160 e. The molecule has 4 nitrogen and oxygen atoms in total. The summed E-state index contributed by atoms with van der Waals surface area (Å²) in [5.74, 6) is -0.395. The molecular weight excluding hydrogens is 334 g/mol. The van der Waals surface area contributed by atoms with Gasteiger partial charge >= 0.3 is 0 Å². The van der Waals surface area contributed by atoms with Crippen LogP contribution in [0, 0.1) is 24.5 Å². The molecule has 2 aromatic carbocycles. The predicted octanol–water partition coefficient (Wildman–Crippen LogP) is 4.15. The number of halogens is 2. The third-order valence-corrected chi connectivity index (χ3v) is 4.86. The first-order valence-corrected chi connectivity index (χ1v) is 8.77. The highest BCUT2D eigenvalue weighted by molar-refractivity contribution is 5.76. The van der Waals surface area contributed by atoms with E-state index in [4.69, 9.17) is 0 Å². The molecule has 2 heterocycles. The zero-order chi connectivity index (χ0) is 18.1. The Morgan fingerprint density at radius 1 is 1.08 bits per heavy atom. The van der Waals surface area contributed by atoms with E-state index < -0.39 is 11.6 Å². The molecule has 0 unspecified atom stereocenters. The molecule has 0 spiro atoms. The Morgan fingerprint density at radius 2 is 1.85 bits per heavy atom. The fourth-order valence-electron chi connectivity index (χ4n) is 3.41. The van der Waals surface area contributed by atoms with Crippen LogP contribution < -0.4 is 10.2 Å². The third kappa shape index (κ3) is 3.31. The van der Waals surface area contributed by atoms with Crippen molar-refractivity contribution in [1.29, 1.82) is 0 Å². The van der Waals surface area contributed by atoms with Crippen LogP contribution in [0.15, 0.2) is 42.5 Å². The number of benzene rings is 2. The van der Waals surface area contributed by atoms with Gasteiger partial charge in [0.15, 0.2) is 11.6 Å². The highest BCUT2D eigenvalue weighted by atomic mass is 19.2. The number of fused-ring (bicyclic) bond motifs is 1. The van der Waals surface area contributed by atoms with Gasteiger partial charge in [-0.3, -0.25) is 0 Å². The Balaban J connectivity index is 1.41. The molecule has 1 atom stereocenters. The largest absolute Gasteiger partial charge is 0.371 e. The molecule has 0 radical (unpaired) electrons. The summed E-state index contributed by atoms with van der Waals surface area (Å²) in [6.07, 6.45) is 0.992. The lowest BCUT2D eigenvalue weighted by Gasteiger charge is -2.19. The lowest BCUT2D eigenvalue weighted by molar-refractivity contribution is 0.508. The summed E-state index contributed by atoms with van der Waals surface area (Å²) < 4.78 is 26.5. The number of nitrogens with zero attached hydrogens (tertiary/aromatic N) is 3. The molecule has 0 bridgehead atoms. The maximum atomic E-state index is 13.4. The van der Waals surface area contributed by atoms with Gasteiger partial charge in [0.05, 0.1) is 16.7 Å². The van der Waals surface area contributed by atoms with E-state index in [2.05, 4.69) is 20.2 Å². The second kappa shape index (κ2) is 6.86. The summed E-state index contributed by atoms with van der Waals surface area (Å²) in [5.41, 5.74) is 3.36. The van der Waals surface area contributed by atoms with Crippen LogP contribution in [0.4, 0.5) is 20.3 Å². The summed E-state index contributed by atoms with van der Waals surface area (Å²) in [5, 5.41) is 3.41. The summed E-state index contributed by atoms with van der Waals surface area (Å²) in [6, 6.07) is 11.9. The molecule has 1 N–H and O–H groups in total. The van der Waals surface area contributed by atoms with Crippen molar-refractivity contribution in [3.63, 3.8) is 0 Å². The number of hydrogen-bond acceptors (Lipinski definition) is 4. The fraction of sp³-hybridized carbons (Fsp3) is 0.300. The number of para-hydroxylation sites is 2. The molecule has 1 aliphatic heterocycles. The first kappa shape index (κ1) is 16.7. The van der Waals surface area contributed by atoms with Crippen LogP contribution in [0.2, 0.25) is 0 Å². The molecule has 1 aromatic heterocycles. The van der Waals surface area contributed by atoms with Crippen molar-refractivity contribution in [1.82, 2.24) is 9.97 Å². The number of aromatic nitrogens is 2. The van der Waals surface area contributed by atoms with E-state index in [-0.39, 0.29) is 0 Å². The first-order chi connectivity index (χ1) is 12.6. The van der Waals surface area contributed by atoms with Crippen LogP contribution in [-0.4, -0.2) is 29.6 Å². The number of nitrogens with one attached hydrogen (secondary N) is 1. The Morgan fingerprint density at radius 3 is 2.62 bits per heavy atom. The maximum absolute atomic E-state index is 13.4. The quantitative estimate of drug-likeness (QED) is 0.764. The van der Waals surface area contributed by atoms with E-state index in [1.807, 2.05) is 31.2 Å². The molecule has 3 aromatic rings. The van der Waals surface area contributed by atoms with E-state index in [1.165, 1.54) is 12.1 Å². The van der Waals surface area contributed by atoms with Gasteiger partial charge in [-0.1, -0.05) is 12.1 Å². The molecule has 26 heavy (non-hydrogen) atoms. The number of rotatable bonds is 4. The van der Waals surface area contributed by atoms with Crippen molar-refractivity contribution in [2.45, 2.75) is 13.3 Å². The summed E-state index contributed by atoms with van der Waals surface area (Å²) >= 11 is 0. The van der Waals surface area contributed by atoms with Crippen molar-refractivity contribution < 1.29 is 8.78 Å². The van der Waals surface area contributed by atoms with Crippen molar-refractivity contribution in [2.75, 3.05) is 29.9 Å². The predicted molar refractivity (Wildman–Crippen MR) is 99.4 cm³/mol. The monoisotopic (exact) mass is 354 g/mol.